The minimum atomic E-state index is -3.77. The van der Waals surface area contributed by atoms with Gasteiger partial charge in [0.05, 0.1) is 15.5 Å². The van der Waals surface area contributed by atoms with Crippen molar-refractivity contribution in [3.63, 3.8) is 0 Å². The summed E-state index contributed by atoms with van der Waals surface area (Å²) < 4.78 is 27.9. The number of nitrogens with one attached hydrogen (secondary N) is 1. The molecule has 0 aromatic heterocycles. The van der Waals surface area contributed by atoms with Gasteiger partial charge in [-0.3, -0.25) is 9.59 Å². The Morgan fingerprint density at radius 1 is 0.889 bits per heavy atom. The third-order valence-electron chi connectivity index (χ3n) is 6.11. The summed E-state index contributed by atoms with van der Waals surface area (Å²) in [6.07, 6.45) is 17.7. The molecule has 1 saturated heterocycles. The summed E-state index contributed by atoms with van der Waals surface area (Å²) in [5.41, 5.74) is 0.128. The number of carbonyl (C=O) groups is 2. The van der Waals surface area contributed by atoms with Gasteiger partial charge in [-0.15, -0.1) is 6.26 Å². The predicted molar refractivity (Wildman–Crippen MR) is 140 cm³/mol. The summed E-state index contributed by atoms with van der Waals surface area (Å²) in [7, 11) is -3.77. The number of hydrogen-bond donors (Lipinski definition) is 1. The monoisotopic (exact) mass is 546 g/mol. The van der Waals surface area contributed by atoms with Crippen molar-refractivity contribution in [1.82, 2.24) is 4.72 Å². The SMILES string of the molecule is CCCCCCCCCCCCCCCCNS(=O)(=O)c1cccc(N2C(=O)S/C(=C/[O-])C2=O)c1.[Na+]. The molecule has 1 aromatic carbocycles. The van der Waals surface area contributed by atoms with Gasteiger partial charge in [0.2, 0.25) is 10.0 Å². The maximum Gasteiger partial charge on any atom is 1.00 e. The predicted octanol–water partition coefficient (Wildman–Crippen LogP) is 2.85. The molecule has 36 heavy (non-hydrogen) atoms. The van der Waals surface area contributed by atoms with Crippen LogP contribution >= 0.6 is 11.8 Å². The fourth-order valence-corrected chi connectivity index (χ4v) is 5.88. The van der Waals surface area contributed by atoms with Crippen LogP contribution in [-0.2, 0) is 14.8 Å². The summed E-state index contributed by atoms with van der Waals surface area (Å²) in [5.74, 6) is -0.736. The number of anilines is 1. The van der Waals surface area contributed by atoms with E-state index in [9.17, 15) is 23.1 Å². The van der Waals surface area contributed by atoms with Crippen LogP contribution in [0.1, 0.15) is 96.8 Å². The number of nitrogens with zero attached hydrogens (tertiary/aromatic N) is 1. The van der Waals surface area contributed by atoms with Gasteiger partial charge in [-0.25, -0.2) is 18.0 Å². The van der Waals surface area contributed by atoms with Crippen molar-refractivity contribution in [1.29, 1.82) is 0 Å². The largest absolute Gasteiger partial charge is 1.00 e. The molecule has 1 heterocycles. The number of rotatable bonds is 18. The molecular weight excluding hydrogens is 507 g/mol. The topological polar surface area (TPSA) is 107 Å². The van der Waals surface area contributed by atoms with Crippen molar-refractivity contribution < 1.29 is 52.7 Å². The molecule has 0 aliphatic carbocycles. The molecule has 0 saturated carbocycles. The van der Waals surface area contributed by atoms with Crippen LogP contribution < -0.4 is 44.3 Å². The van der Waals surface area contributed by atoms with E-state index in [4.69, 9.17) is 0 Å². The van der Waals surface area contributed by atoms with Crippen molar-refractivity contribution in [3.8, 4) is 0 Å². The zero-order valence-corrected chi connectivity index (χ0v) is 25.4. The maximum atomic E-state index is 12.7. The van der Waals surface area contributed by atoms with Gasteiger partial charge in [0, 0.05) is 6.54 Å². The molecule has 7 nitrogen and oxygen atoms in total. The van der Waals surface area contributed by atoms with Crippen LogP contribution in [0.4, 0.5) is 10.5 Å². The molecule has 0 radical (unpaired) electrons. The molecule has 196 valence electrons. The Kier molecular flexibility index (Phi) is 17.0. The Hall–Kier alpha value is -0.840. The Balaban J connectivity index is 0.00000648. The van der Waals surface area contributed by atoms with E-state index in [1.165, 1.54) is 94.9 Å². The van der Waals surface area contributed by atoms with Gasteiger partial charge in [0.1, 0.15) is 0 Å². The third kappa shape index (κ3) is 11.3. The van der Waals surface area contributed by atoms with E-state index in [1.54, 1.807) is 0 Å². The van der Waals surface area contributed by atoms with E-state index in [2.05, 4.69) is 11.6 Å². The van der Waals surface area contributed by atoms with Gasteiger partial charge in [-0.2, -0.15) is 0 Å². The minimum Gasteiger partial charge on any atom is -0.877 e. The average Bonchev–Trinajstić information content (AvgIpc) is 3.14. The molecule has 10 heteroatoms. The van der Waals surface area contributed by atoms with E-state index in [1.807, 2.05) is 0 Å². The molecule has 1 N–H and O–H groups in total. The zero-order valence-electron chi connectivity index (χ0n) is 21.8. The smallest absolute Gasteiger partial charge is 0.877 e. The van der Waals surface area contributed by atoms with Gasteiger partial charge >= 0.3 is 29.6 Å². The normalized spacial score (nSPS) is 15.0. The van der Waals surface area contributed by atoms with E-state index < -0.39 is 21.2 Å². The van der Waals surface area contributed by atoms with Crippen molar-refractivity contribution in [2.45, 2.75) is 102 Å². The average molecular weight is 547 g/mol. The Bertz CT molecular complexity index is 953. The zero-order chi connectivity index (χ0) is 25.5. The van der Waals surface area contributed by atoms with Crippen LogP contribution in [0.5, 0.6) is 0 Å². The first-order chi connectivity index (χ1) is 16.9. The van der Waals surface area contributed by atoms with Gasteiger partial charge in [0.25, 0.3) is 11.1 Å². The number of hydrogen-bond acceptors (Lipinski definition) is 6. The van der Waals surface area contributed by atoms with Gasteiger partial charge in [0.15, 0.2) is 0 Å². The Morgan fingerprint density at radius 3 is 1.92 bits per heavy atom. The molecule has 0 bridgehead atoms. The molecule has 1 aliphatic rings. The third-order valence-corrected chi connectivity index (χ3v) is 8.42. The fourth-order valence-electron chi connectivity index (χ4n) is 4.07. The second-order valence-corrected chi connectivity index (χ2v) is 11.7. The quantitative estimate of drug-likeness (QED) is 0.131. The number of imide groups is 1. The number of amides is 2. The first-order valence-corrected chi connectivity index (χ1v) is 15.2. The van der Waals surface area contributed by atoms with E-state index in [0.717, 1.165) is 24.2 Å². The fraction of sp³-hybridized carbons (Fsp3) is 0.615. The second kappa shape index (κ2) is 18.4. The maximum absolute atomic E-state index is 12.7. The summed E-state index contributed by atoms with van der Waals surface area (Å²) in [6.45, 7) is 2.58. The second-order valence-electron chi connectivity index (χ2n) is 8.98. The van der Waals surface area contributed by atoms with E-state index >= 15 is 0 Å². The van der Waals surface area contributed by atoms with Gasteiger partial charge in [-0.1, -0.05) is 96.5 Å². The molecule has 2 rings (SSSR count). The molecule has 1 aromatic rings. The van der Waals surface area contributed by atoms with Crippen LogP contribution in [-0.4, -0.2) is 26.1 Å². The summed E-state index contributed by atoms with van der Waals surface area (Å²) in [5, 5.41) is 10.3. The molecule has 1 aliphatic heterocycles. The van der Waals surface area contributed by atoms with Crippen LogP contribution in [0.25, 0.3) is 0 Å². The summed E-state index contributed by atoms with van der Waals surface area (Å²) in [4.78, 5) is 24.8. The molecule has 2 amide bonds. The van der Waals surface area contributed by atoms with Gasteiger partial charge < -0.3 is 5.11 Å². The van der Waals surface area contributed by atoms with Crippen LogP contribution in [0.3, 0.4) is 0 Å². The van der Waals surface area contributed by atoms with Crippen LogP contribution in [0, 0.1) is 0 Å². The van der Waals surface area contributed by atoms with E-state index in [0.29, 0.717) is 24.6 Å². The van der Waals surface area contributed by atoms with Crippen LogP contribution in [0.2, 0.25) is 0 Å². The summed E-state index contributed by atoms with van der Waals surface area (Å²) in [6, 6.07) is 5.63. The van der Waals surface area contributed by atoms with Crippen molar-refractivity contribution in [3.05, 3.63) is 35.4 Å². The molecular formula is C26H39N2NaO5S2. The number of sulfonamides is 1. The van der Waals surface area contributed by atoms with E-state index in [-0.39, 0.29) is 45.0 Å². The molecule has 1 fully saturated rings. The first kappa shape index (κ1) is 33.2. The number of unbranched alkanes of at least 4 members (excludes halogenated alkanes) is 13. The molecule has 0 spiro atoms. The van der Waals surface area contributed by atoms with Crippen molar-refractivity contribution >= 4 is 38.6 Å². The molecule has 0 atom stereocenters. The minimum absolute atomic E-state index is 0. The van der Waals surface area contributed by atoms with Crippen molar-refractivity contribution in [2.75, 3.05) is 11.4 Å². The first-order valence-electron chi connectivity index (χ1n) is 12.9. The number of benzene rings is 1. The van der Waals surface area contributed by atoms with Crippen molar-refractivity contribution in [2.24, 2.45) is 0 Å². The summed E-state index contributed by atoms with van der Waals surface area (Å²) >= 11 is 0.543. The number of thioether (sulfide) groups is 1. The Labute approximate surface area is 243 Å². The molecule has 0 unspecified atom stereocenters. The van der Waals surface area contributed by atoms with Crippen LogP contribution in [0.15, 0.2) is 40.3 Å². The number of carbonyl (C=O) groups excluding carboxylic acids is 2. The Morgan fingerprint density at radius 2 is 1.42 bits per heavy atom. The standard InChI is InChI=1S/C26H40N2O5S2.Na/c1-2-3-4-5-6-7-8-9-10-11-12-13-14-15-19-27-35(32,33)23-18-16-17-22(20-23)28-25(30)24(21-29)34-26(28)31;/h16-18,20-21,27,29H,2-15,19H2,1H3;/q;+1/p-1/b24-21+;. The van der Waals surface area contributed by atoms with Gasteiger partial charge in [-0.05, 0) is 36.4 Å².